The van der Waals surface area contributed by atoms with E-state index in [-0.39, 0.29) is 0 Å². The maximum absolute atomic E-state index is 6.14. The first-order valence-corrected chi connectivity index (χ1v) is 8.42. The van der Waals surface area contributed by atoms with Crippen molar-refractivity contribution >= 4 is 28.5 Å². The number of hydrogen-bond acceptors (Lipinski definition) is 1. The standard InChI is InChI=1S/C17H23ClN4/c18-14-5-6-16-15(11-14)13(12-21-16)7-8-20-17(19)22-9-3-1-2-4-10-22/h5-6,11-12,21H,1-4,7-10H2,(H2,19,20). The van der Waals surface area contributed by atoms with Crippen molar-refractivity contribution in [2.24, 2.45) is 10.7 Å². The molecule has 4 nitrogen and oxygen atoms in total. The quantitative estimate of drug-likeness (QED) is 0.671. The fraction of sp³-hybridized carbons (Fsp3) is 0.471. The van der Waals surface area contributed by atoms with E-state index < -0.39 is 0 Å². The van der Waals surface area contributed by atoms with Crippen LogP contribution in [0, 0.1) is 0 Å². The van der Waals surface area contributed by atoms with Gasteiger partial charge in [0, 0.05) is 41.8 Å². The number of aliphatic imine (C=N–C) groups is 1. The highest BCUT2D eigenvalue weighted by molar-refractivity contribution is 6.31. The van der Waals surface area contributed by atoms with Gasteiger partial charge >= 0.3 is 0 Å². The molecule has 1 aromatic heterocycles. The van der Waals surface area contributed by atoms with Crippen molar-refractivity contribution in [3.8, 4) is 0 Å². The Labute approximate surface area is 136 Å². The second-order valence-corrected chi connectivity index (χ2v) is 6.33. The number of aromatic amines is 1. The van der Waals surface area contributed by atoms with E-state index in [1.165, 1.54) is 36.6 Å². The molecule has 0 bridgehead atoms. The molecule has 0 unspecified atom stereocenters. The van der Waals surface area contributed by atoms with Gasteiger partial charge in [0.25, 0.3) is 0 Å². The van der Waals surface area contributed by atoms with Crippen molar-refractivity contribution in [2.75, 3.05) is 19.6 Å². The highest BCUT2D eigenvalue weighted by atomic mass is 35.5. The van der Waals surface area contributed by atoms with Crippen LogP contribution >= 0.6 is 11.6 Å². The summed E-state index contributed by atoms with van der Waals surface area (Å²) in [6.45, 7) is 2.79. The number of nitrogens with zero attached hydrogens (tertiary/aromatic N) is 2. The first kappa shape index (κ1) is 15.2. The van der Waals surface area contributed by atoms with Gasteiger partial charge in [0.2, 0.25) is 0 Å². The second kappa shape index (κ2) is 7.05. The van der Waals surface area contributed by atoms with Gasteiger partial charge in [0.15, 0.2) is 5.96 Å². The van der Waals surface area contributed by atoms with Crippen molar-refractivity contribution in [1.29, 1.82) is 0 Å². The molecule has 1 aliphatic heterocycles. The summed E-state index contributed by atoms with van der Waals surface area (Å²) in [4.78, 5) is 10.1. The Morgan fingerprint density at radius 1 is 1.23 bits per heavy atom. The van der Waals surface area contributed by atoms with Crippen LogP contribution in [0.3, 0.4) is 0 Å². The zero-order valence-electron chi connectivity index (χ0n) is 12.8. The molecule has 2 heterocycles. The largest absolute Gasteiger partial charge is 0.370 e. The maximum Gasteiger partial charge on any atom is 0.191 e. The lowest BCUT2D eigenvalue weighted by Gasteiger charge is -2.21. The van der Waals surface area contributed by atoms with Crippen molar-refractivity contribution in [3.05, 3.63) is 35.0 Å². The van der Waals surface area contributed by atoms with Gasteiger partial charge in [-0.2, -0.15) is 0 Å². The minimum atomic E-state index is 0.694. The molecule has 0 saturated carbocycles. The zero-order valence-corrected chi connectivity index (χ0v) is 13.6. The van der Waals surface area contributed by atoms with Crippen LogP contribution in [0.4, 0.5) is 0 Å². The van der Waals surface area contributed by atoms with E-state index in [1.807, 2.05) is 24.4 Å². The maximum atomic E-state index is 6.14. The Kier molecular flexibility index (Phi) is 4.88. The smallest absolute Gasteiger partial charge is 0.191 e. The van der Waals surface area contributed by atoms with E-state index in [1.54, 1.807) is 0 Å². The SMILES string of the molecule is NC(=NCCc1c[nH]c2ccc(Cl)cc12)N1CCCCCC1. The molecule has 1 saturated heterocycles. The van der Waals surface area contributed by atoms with Crippen LogP contribution in [0.5, 0.6) is 0 Å². The van der Waals surface area contributed by atoms with Gasteiger partial charge in [-0.3, -0.25) is 4.99 Å². The molecule has 118 valence electrons. The van der Waals surface area contributed by atoms with Gasteiger partial charge in [-0.05, 0) is 43.0 Å². The van der Waals surface area contributed by atoms with E-state index in [0.29, 0.717) is 12.5 Å². The van der Waals surface area contributed by atoms with Gasteiger partial charge in [-0.15, -0.1) is 0 Å². The fourth-order valence-electron chi connectivity index (χ4n) is 3.05. The number of likely N-dealkylation sites (tertiary alicyclic amines) is 1. The number of H-pyrrole nitrogens is 1. The molecule has 1 fully saturated rings. The lowest BCUT2D eigenvalue weighted by atomic mass is 10.1. The molecule has 1 aromatic carbocycles. The fourth-order valence-corrected chi connectivity index (χ4v) is 3.22. The number of aromatic nitrogens is 1. The first-order chi connectivity index (χ1) is 10.7. The van der Waals surface area contributed by atoms with Gasteiger partial charge in [0.05, 0.1) is 0 Å². The number of guanidine groups is 1. The van der Waals surface area contributed by atoms with Gasteiger partial charge in [-0.1, -0.05) is 24.4 Å². The average molecular weight is 319 g/mol. The summed E-state index contributed by atoms with van der Waals surface area (Å²) in [5.41, 5.74) is 8.50. The molecule has 2 aromatic rings. The van der Waals surface area contributed by atoms with Gasteiger partial charge in [0.1, 0.15) is 0 Å². The molecule has 0 radical (unpaired) electrons. The Morgan fingerprint density at radius 3 is 2.77 bits per heavy atom. The van der Waals surface area contributed by atoms with Crippen LogP contribution in [-0.2, 0) is 6.42 Å². The van der Waals surface area contributed by atoms with Crippen LogP contribution in [0.2, 0.25) is 5.02 Å². The summed E-state index contributed by atoms with van der Waals surface area (Å²) in [7, 11) is 0. The third-order valence-corrected chi connectivity index (χ3v) is 4.55. The first-order valence-electron chi connectivity index (χ1n) is 8.04. The third kappa shape index (κ3) is 3.55. The summed E-state index contributed by atoms with van der Waals surface area (Å²) in [6, 6.07) is 5.92. The average Bonchev–Trinajstić information content (AvgIpc) is 2.74. The Bertz CT molecular complexity index is 654. The summed E-state index contributed by atoms with van der Waals surface area (Å²) >= 11 is 6.08. The number of fused-ring (bicyclic) bond motifs is 1. The molecular formula is C17H23ClN4. The van der Waals surface area contributed by atoms with Gasteiger partial charge in [-0.25, -0.2) is 0 Å². The van der Waals surface area contributed by atoms with Crippen LogP contribution in [0.1, 0.15) is 31.2 Å². The lowest BCUT2D eigenvalue weighted by molar-refractivity contribution is 0.428. The van der Waals surface area contributed by atoms with Crippen molar-refractivity contribution in [2.45, 2.75) is 32.1 Å². The number of rotatable bonds is 3. The highest BCUT2D eigenvalue weighted by Crippen LogP contribution is 2.22. The van der Waals surface area contributed by atoms with Crippen molar-refractivity contribution < 1.29 is 0 Å². The molecule has 0 atom stereocenters. The van der Waals surface area contributed by atoms with E-state index in [4.69, 9.17) is 17.3 Å². The van der Waals surface area contributed by atoms with Crippen molar-refractivity contribution in [3.63, 3.8) is 0 Å². The molecule has 0 aliphatic carbocycles. The molecule has 0 spiro atoms. The third-order valence-electron chi connectivity index (χ3n) is 4.31. The zero-order chi connectivity index (χ0) is 15.4. The van der Waals surface area contributed by atoms with Crippen LogP contribution in [-0.4, -0.2) is 35.5 Å². The molecular weight excluding hydrogens is 296 g/mol. The molecule has 5 heteroatoms. The van der Waals surface area contributed by atoms with Crippen LogP contribution in [0.25, 0.3) is 10.9 Å². The number of benzene rings is 1. The minimum absolute atomic E-state index is 0.694. The Morgan fingerprint density at radius 2 is 2.00 bits per heavy atom. The van der Waals surface area contributed by atoms with Crippen molar-refractivity contribution in [1.82, 2.24) is 9.88 Å². The predicted octanol–water partition coefficient (Wildman–Crippen LogP) is 3.55. The Hall–Kier alpha value is -1.68. The van der Waals surface area contributed by atoms with Crippen LogP contribution < -0.4 is 5.73 Å². The van der Waals surface area contributed by atoms with Crippen LogP contribution in [0.15, 0.2) is 29.4 Å². The summed E-state index contributed by atoms with van der Waals surface area (Å²) in [6.07, 6.45) is 7.96. The number of halogens is 1. The molecule has 1 aliphatic rings. The summed E-state index contributed by atoms with van der Waals surface area (Å²) in [5, 5.41) is 1.94. The lowest BCUT2D eigenvalue weighted by Crippen LogP contribution is -2.38. The number of nitrogens with one attached hydrogen (secondary N) is 1. The topological polar surface area (TPSA) is 57.4 Å². The normalized spacial score (nSPS) is 17.0. The second-order valence-electron chi connectivity index (χ2n) is 5.90. The molecule has 0 amide bonds. The van der Waals surface area contributed by atoms with E-state index in [9.17, 15) is 0 Å². The minimum Gasteiger partial charge on any atom is -0.370 e. The van der Waals surface area contributed by atoms with E-state index in [2.05, 4.69) is 14.9 Å². The molecule has 22 heavy (non-hydrogen) atoms. The molecule has 3 rings (SSSR count). The predicted molar refractivity (Wildman–Crippen MR) is 93.5 cm³/mol. The highest BCUT2D eigenvalue weighted by Gasteiger charge is 2.10. The van der Waals surface area contributed by atoms with E-state index >= 15 is 0 Å². The molecule has 3 N–H and O–H groups in total. The summed E-state index contributed by atoms with van der Waals surface area (Å²) in [5.74, 6) is 0.694. The monoisotopic (exact) mass is 318 g/mol. The number of hydrogen-bond donors (Lipinski definition) is 2. The number of nitrogens with two attached hydrogens (primary N) is 1. The summed E-state index contributed by atoms with van der Waals surface area (Å²) < 4.78 is 0. The van der Waals surface area contributed by atoms with Gasteiger partial charge < -0.3 is 15.6 Å². The van der Waals surface area contributed by atoms with E-state index in [0.717, 1.165) is 30.0 Å². The Balaban J connectivity index is 1.63.